The van der Waals surface area contributed by atoms with Crippen LogP contribution in [0.3, 0.4) is 0 Å². The summed E-state index contributed by atoms with van der Waals surface area (Å²) in [6, 6.07) is 14.7. The Balaban J connectivity index is 1.65. The van der Waals surface area contributed by atoms with Crippen molar-refractivity contribution in [2.45, 2.75) is 6.54 Å². The van der Waals surface area contributed by atoms with E-state index in [1.54, 1.807) is 6.07 Å². The van der Waals surface area contributed by atoms with Gasteiger partial charge >= 0.3 is 0 Å². The zero-order chi connectivity index (χ0) is 16.2. The van der Waals surface area contributed by atoms with Crippen molar-refractivity contribution < 1.29 is 4.39 Å². The van der Waals surface area contributed by atoms with Crippen LogP contribution in [0.2, 0.25) is 5.02 Å². The molecule has 0 atom stereocenters. The van der Waals surface area contributed by atoms with Crippen molar-refractivity contribution >= 4 is 17.3 Å². The molecule has 1 saturated heterocycles. The van der Waals surface area contributed by atoms with Crippen LogP contribution in [0.15, 0.2) is 42.5 Å². The second-order valence-corrected chi connectivity index (χ2v) is 6.08. The van der Waals surface area contributed by atoms with E-state index in [2.05, 4.69) is 15.9 Å². The lowest BCUT2D eigenvalue weighted by molar-refractivity contribution is 0.250. The molecule has 0 aromatic heterocycles. The van der Waals surface area contributed by atoms with Crippen molar-refractivity contribution in [2.75, 3.05) is 31.1 Å². The fourth-order valence-corrected chi connectivity index (χ4v) is 3.14. The summed E-state index contributed by atoms with van der Waals surface area (Å²) in [7, 11) is 0. The molecule has 1 heterocycles. The van der Waals surface area contributed by atoms with Gasteiger partial charge in [0, 0.05) is 37.7 Å². The maximum Gasteiger partial charge on any atom is 0.143 e. The van der Waals surface area contributed by atoms with E-state index in [1.807, 2.05) is 30.3 Å². The highest BCUT2D eigenvalue weighted by Gasteiger charge is 2.20. The minimum atomic E-state index is -0.452. The van der Waals surface area contributed by atoms with Crippen LogP contribution in [0.25, 0.3) is 0 Å². The van der Waals surface area contributed by atoms with E-state index in [9.17, 15) is 4.39 Å². The van der Waals surface area contributed by atoms with Crippen LogP contribution in [-0.2, 0) is 6.54 Å². The van der Waals surface area contributed by atoms with Gasteiger partial charge in [-0.25, -0.2) is 4.39 Å². The molecule has 1 aliphatic heterocycles. The molecule has 0 saturated carbocycles. The maximum atomic E-state index is 13.7. The Hall–Kier alpha value is -2.09. The van der Waals surface area contributed by atoms with Crippen LogP contribution in [0.1, 0.15) is 11.1 Å². The molecule has 0 bridgehead atoms. The van der Waals surface area contributed by atoms with Crippen molar-refractivity contribution in [3.05, 3.63) is 64.4 Å². The zero-order valence-corrected chi connectivity index (χ0v) is 13.4. The number of anilines is 1. The lowest BCUT2D eigenvalue weighted by Gasteiger charge is -2.36. The van der Waals surface area contributed by atoms with E-state index in [4.69, 9.17) is 16.9 Å². The third-order valence-electron chi connectivity index (χ3n) is 4.11. The summed E-state index contributed by atoms with van der Waals surface area (Å²) in [6.07, 6.45) is 0. The Morgan fingerprint density at radius 3 is 2.52 bits per heavy atom. The van der Waals surface area contributed by atoms with Gasteiger partial charge in [-0.1, -0.05) is 29.8 Å². The Bertz CT molecular complexity index is 733. The Kier molecular flexibility index (Phi) is 4.80. The molecule has 2 aromatic carbocycles. The molecular weight excluding hydrogens is 313 g/mol. The first kappa shape index (κ1) is 15.8. The quantitative estimate of drug-likeness (QED) is 0.860. The van der Waals surface area contributed by atoms with E-state index >= 15 is 0 Å². The fourth-order valence-electron chi connectivity index (χ4n) is 2.93. The molecular formula is C18H17ClFN3. The summed E-state index contributed by atoms with van der Waals surface area (Å²) in [5.41, 5.74) is 2.01. The summed E-state index contributed by atoms with van der Waals surface area (Å²) >= 11 is 6.02. The average Bonchev–Trinajstić information content (AvgIpc) is 2.55. The minimum absolute atomic E-state index is 0.135. The Morgan fingerprint density at radius 2 is 1.83 bits per heavy atom. The lowest BCUT2D eigenvalue weighted by atomic mass is 10.1. The molecule has 0 N–H and O–H groups in total. The van der Waals surface area contributed by atoms with Gasteiger partial charge in [-0.2, -0.15) is 5.26 Å². The molecule has 2 aromatic rings. The lowest BCUT2D eigenvalue weighted by Crippen LogP contribution is -2.46. The molecule has 0 aliphatic carbocycles. The van der Waals surface area contributed by atoms with Gasteiger partial charge in [-0.15, -0.1) is 0 Å². The average molecular weight is 330 g/mol. The highest BCUT2D eigenvalue weighted by molar-refractivity contribution is 6.30. The van der Waals surface area contributed by atoms with Crippen LogP contribution >= 0.6 is 11.6 Å². The molecule has 0 amide bonds. The van der Waals surface area contributed by atoms with E-state index in [0.717, 1.165) is 37.7 Å². The summed E-state index contributed by atoms with van der Waals surface area (Å²) < 4.78 is 13.7. The maximum absolute atomic E-state index is 13.7. The molecule has 23 heavy (non-hydrogen) atoms. The van der Waals surface area contributed by atoms with Gasteiger partial charge in [0.2, 0.25) is 0 Å². The fraction of sp³-hybridized carbons (Fsp3) is 0.278. The SMILES string of the molecule is N#Cc1c(F)cccc1N1CCN(Cc2cccc(Cl)c2)CC1. The van der Waals surface area contributed by atoms with E-state index in [0.29, 0.717) is 5.69 Å². The summed E-state index contributed by atoms with van der Waals surface area (Å²) in [5, 5.41) is 9.91. The molecule has 1 fully saturated rings. The molecule has 0 radical (unpaired) electrons. The van der Waals surface area contributed by atoms with Gasteiger partial charge < -0.3 is 4.90 Å². The van der Waals surface area contributed by atoms with Crippen molar-refractivity contribution in [2.24, 2.45) is 0 Å². The first-order valence-electron chi connectivity index (χ1n) is 7.58. The first-order chi connectivity index (χ1) is 11.2. The van der Waals surface area contributed by atoms with E-state index in [-0.39, 0.29) is 5.56 Å². The molecule has 1 aliphatic rings. The number of halogens is 2. The number of piperazine rings is 1. The van der Waals surface area contributed by atoms with Gasteiger partial charge in [0.25, 0.3) is 0 Å². The smallest absolute Gasteiger partial charge is 0.143 e. The van der Waals surface area contributed by atoms with Crippen molar-refractivity contribution in [3.8, 4) is 6.07 Å². The van der Waals surface area contributed by atoms with Crippen molar-refractivity contribution in [3.63, 3.8) is 0 Å². The predicted molar refractivity (Wildman–Crippen MR) is 90.1 cm³/mol. The van der Waals surface area contributed by atoms with E-state index in [1.165, 1.54) is 11.6 Å². The monoisotopic (exact) mass is 329 g/mol. The third-order valence-corrected chi connectivity index (χ3v) is 4.35. The first-order valence-corrected chi connectivity index (χ1v) is 7.95. The standard InChI is InChI=1S/C18H17ClFN3/c19-15-4-1-3-14(11-15)13-22-7-9-23(10-8-22)18-6-2-5-17(20)16(18)12-21/h1-6,11H,7-10,13H2. The predicted octanol–water partition coefficient (Wildman–Crippen LogP) is 3.67. The molecule has 0 spiro atoms. The molecule has 3 nitrogen and oxygen atoms in total. The molecule has 118 valence electrons. The highest BCUT2D eigenvalue weighted by atomic mass is 35.5. The van der Waals surface area contributed by atoms with Gasteiger partial charge in [-0.05, 0) is 29.8 Å². The van der Waals surface area contributed by atoms with Gasteiger partial charge in [0.1, 0.15) is 17.4 Å². The van der Waals surface area contributed by atoms with Crippen molar-refractivity contribution in [1.29, 1.82) is 5.26 Å². The van der Waals surface area contributed by atoms with Gasteiger partial charge in [0.05, 0.1) is 5.69 Å². The highest BCUT2D eigenvalue weighted by Crippen LogP contribution is 2.24. The second kappa shape index (κ2) is 6.99. The Labute approximate surface area is 140 Å². The molecule has 3 rings (SSSR count). The van der Waals surface area contributed by atoms with Crippen LogP contribution in [0.4, 0.5) is 10.1 Å². The molecule has 5 heteroatoms. The third kappa shape index (κ3) is 3.64. The van der Waals surface area contributed by atoms with Crippen molar-refractivity contribution in [1.82, 2.24) is 4.90 Å². The topological polar surface area (TPSA) is 30.3 Å². The number of benzene rings is 2. The largest absolute Gasteiger partial charge is 0.368 e. The van der Waals surface area contributed by atoms with Gasteiger partial charge in [-0.3, -0.25) is 4.90 Å². The summed E-state index contributed by atoms with van der Waals surface area (Å²) in [6.45, 7) is 4.14. The van der Waals surface area contributed by atoms with Crippen LogP contribution in [0.5, 0.6) is 0 Å². The Morgan fingerprint density at radius 1 is 1.09 bits per heavy atom. The van der Waals surface area contributed by atoms with E-state index < -0.39 is 5.82 Å². The van der Waals surface area contributed by atoms with Crippen LogP contribution in [0, 0.1) is 17.1 Å². The number of rotatable bonds is 3. The minimum Gasteiger partial charge on any atom is -0.368 e. The van der Waals surface area contributed by atoms with Crippen LogP contribution in [-0.4, -0.2) is 31.1 Å². The zero-order valence-electron chi connectivity index (χ0n) is 12.7. The number of nitriles is 1. The second-order valence-electron chi connectivity index (χ2n) is 5.64. The summed E-state index contributed by atoms with van der Waals surface area (Å²) in [5.74, 6) is -0.452. The number of hydrogen-bond acceptors (Lipinski definition) is 3. The summed E-state index contributed by atoms with van der Waals surface area (Å²) in [4.78, 5) is 4.42. The van der Waals surface area contributed by atoms with Crippen LogP contribution < -0.4 is 4.90 Å². The molecule has 0 unspecified atom stereocenters. The number of nitrogens with zero attached hydrogens (tertiary/aromatic N) is 3. The van der Waals surface area contributed by atoms with Gasteiger partial charge in [0.15, 0.2) is 0 Å². The normalized spacial score (nSPS) is 15.4. The number of hydrogen-bond donors (Lipinski definition) is 0.